The van der Waals surface area contributed by atoms with E-state index in [0.717, 1.165) is 21.7 Å². The number of ether oxygens (including phenoxy) is 1. The standard InChI is InChI=1S/C27H26FN3O2S2/c1-16(2)34-21-10-8-20(9-11-21)25-18(4)35-27(31-25)30-24(32)15-19-7-12-23(22(28)14-19)33-26-17(3)6-5-13-29-26/h5-14,16H,15H2,1-4H3,(H,30,31,32). The summed E-state index contributed by atoms with van der Waals surface area (Å²) in [5, 5.41) is 3.88. The average Bonchev–Trinajstić information content (AvgIpc) is 3.16. The molecule has 0 atom stereocenters. The number of carbonyl (C=O) groups excluding carboxylic acids is 1. The monoisotopic (exact) mass is 507 g/mol. The van der Waals surface area contributed by atoms with Crippen LogP contribution >= 0.6 is 23.1 Å². The molecule has 0 spiro atoms. The number of anilines is 1. The summed E-state index contributed by atoms with van der Waals surface area (Å²) < 4.78 is 20.2. The predicted octanol–water partition coefficient (Wildman–Crippen LogP) is 7.44. The van der Waals surface area contributed by atoms with Gasteiger partial charge >= 0.3 is 0 Å². The molecule has 0 bridgehead atoms. The highest BCUT2D eigenvalue weighted by Crippen LogP contribution is 2.32. The van der Waals surface area contributed by atoms with Crippen molar-refractivity contribution in [1.29, 1.82) is 0 Å². The maximum Gasteiger partial charge on any atom is 0.230 e. The number of carbonyl (C=O) groups is 1. The van der Waals surface area contributed by atoms with Gasteiger partial charge in [-0.25, -0.2) is 14.4 Å². The molecule has 0 saturated heterocycles. The largest absolute Gasteiger partial charge is 0.436 e. The number of thiazole rings is 1. The van der Waals surface area contributed by atoms with E-state index in [9.17, 15) is 9.18 Å². The lowest BCUT2D eigenvalue weighted by atomic mass is 10.1. The second-order valence-corrected chi connectivity index (χ2v) is 11.2. The van der Waals surface area contributed by atoms with Crippen molar-refractivity contribution in [1.82, 2.24) is 9.97 Å². The molecule has 5 nitrogen and oxygen atoms in total. The van der Waals surface area contributed by atoms with Crippen LogP contribution in [0.3, 0.4) is 0 Å². The van der Waals surface area contributed by atoms with Crippen molar-refractivity contribution in [3.63, 3.8) is 0 Å². The van der Waals surface area contributed by atoms with E-state index in [1.165, 1.54) is 28.4 Å². The normalized spacial score (nSPS) is 11.0. The number of aryl methyl sites for hydroxylation is 2. The summed E-state index contributed by atoms with van der Waals surface area (Å²) in [4.78, 5) is 23.6. The van der Waals surface area contributed by atoms with Crippen LogP contribution in [0.25, 0.3) is 11.3 Å². The maximum absolute atomic E-state index is 14.6. The number of rotatable bonds is 8. The van der Waals surface area contributed by atoms with Gasteiger partial charge in [-0.2, -0.15) is 0 Å². The van der Waals surface area contributed by atoms with Crippen molar-refractivity contribution in [3.8, 4) is 22.9 Å². The van der Waals surface area contributed by atoms with Gasteiger partial charge in [0.15, 0.2) is 16.7 Å². The molecule has 0 aliphatic heterocycles. The molecule has 180 valence electrons. The molecule has 0 aliphatic carbocycles. The van der Waals surface area contributed by atoms with Gasteiger partial charge in [0.2, 0.25) is 11.8 Å². The third-order valence-electron chi connectivity index (χ3n) is 5.07. The van der Waals surface area contributed by atoms with E-state index < -0.39 is 5.82 Å². The molecule has 0 saturated carbocycles. The van der Waals surface area contributed by atoms with Gasteiger partial charge in [0, 0.05) is 32.3 Å². The van der Waals surface area contributed by atoms with Gasteiger partial charge in [-0.05, 0) is 49.7 Å². The smallest absolute Gasteiger partial charge is 0.230 e. The van der Waals surface area contributed by atoms with Crippen molar-refractivity contribution in [2.24, 2.45) is 0 Å². The Morgan fingerprint density at radius 1 is 1.14 bits per heavy atom. The van der Waals surface area contributed by atoms with Gasteiger partial charge in [0.25, 0.3) is 0 Å². The summed E-state index contributed by atoms with van der Waals surface area (Å²) in [6, 6.07) is 16.4. The minimum absolute atomic E-state index is 0.0227. The molecule has 0 radical (unpaired) electrons. The van der Waals surface area contributed by atoms with E-state index in [1.54, 1.807) is 18.3 Å². The highest BCUT2D eigenvalue weighted by Gasteiger charge is 2.14. The summed E-state index contributed by atoms with van der Waals surface area (Å²) >= 11 is 3.23. The molecular formula is C27H26FN3O2S2. The number of nitrogens with one attached hydrogen (secondary N) is 1. The highest BCUT2D eigenvalue weighted by atomic mass is 32.2. The number of benzene rings is 2. The Balaban J connectivity index is 1.40. The summed E-state index contributed by atoms with van der Waals surface area (Å²) in [7, 11) is 0. The van der Waals surface area contributed by atoms with Crippen molar-refractivity contribution in [2.75, 3.05) is 5.32 Å². The number of thioether (sulfide) groups is 1. The predicted molar refractivity (Wildman–Crippen MR) is 141 cm³/mol. The highest BCUT2D eigenvalue weighted by molar-refractivity contribution is 7.99. The number of hydrogen-bond donors (Lipinski definition) is 1. The molecule has 0 aliphatic rings. The van der Waals surface area contributed by atoms with Gasteiger partial charge in [-0.15, -0.1) is 23.1 Å². The van der Waals surface area contributed by atoms with Crippen LogP contribution in [0, 0.1) is 19.7 Å². The number of pyridine rings is 1. The molecule has 35 heavy (non-hydrogen) atoms. The number of aromatic nitrogens is 2. The zero-order chi connectivity index (χ0) is 24.9. The molecular weight excluding hydrogens is 481 g/mol. The lowest BCUT2D eigenvalue weighted by molar-refractivity contribution is -0.115. The van der Waals surface area contributed by atoms with E-state index in [0.29, 0.717) is 21.8 Å². The maximum atomic E-state index is 14.6. The molecule has 4 aromatic rings. The fraction of sp³-hybridized carbons (Fsp3) is 0.222. The van der Waals surface area contributed by atoms with E-state index in [2.05, 4.69) is 53.4 Å². The van der Waals surface area contributed by atoms with Gasteiger partial charge in [0.05, 0.1) is 12.1 Å². The summed E-state index contributed by atoms with van der Waals surface area (Å²) in [6.45, 7) is 8.15. The Morgan fingerprint density at radius 3 is 2.60 bits per heavy atom. The van der Waals surface area contributed by atoms with E-state index >= 15 is 0 Å². The van der Waals surface area contributed by atoms with Crippen LogP contribution < -0.4 is 10.1 Å². The lowest BCUT2D eigenvalue weighted by Gasteiger charge is -2.09. The fourth-order valence-corrected chi connectivity index (χ4v) is 5.14. The number of halogens is 1. The third-order valence-corrected chi connectivity index (χ3v) is 6.97. The molecule has 1 amide bonds. The Bertz CT molecular complexity index is 1340. The summed E-state index contributed by atoms with van der Waals surface area (Å²) in [5.41, 5.74) is 3.20. The van der Waals surface area contributed by atoms with Crippen LogP contribution in [-0.2, 0) is 11.2 Å². The van der Waals surface area contributed by atoms with Crippen LogP contribution in [0.5, 0.6) is 11.6 Å². The quantitative estimate of drug-likeness (QED) is 0.251. The first-order valence-electron chi connectivity index (χ1n) is 11.2. The topological polar surface area (TPSA) is 64.1 Å². The summed E-state index contributed by atoms with van der Waals surface area (Å²) in [5.74, 6) is -0.399. The Morgan fingerprint density at radius 2 is 1.91 bits per heavy atom. The van der Waals surface area contributed by atoms with Gasteiger partial charge < -0.3 is 10.1 Å². The molecule has 4 rings (SSSR count). The minimum Gasteiger partial charge on any atom is -0.436 e. The molecule has 0 unspecified atom stereocenters. The molecule has 2 aromatic heterocycles. The molecule has 2 heterocycles. The number of amides is 1. The lowest BCUT2D eigenvalue weighted by Crippen LogP contribution is -2.14. The molecule has 2 aromatic carbocycles. The number of nitrogens with zero attached hydrogens (tertiary/aromatic N) is 2. The van der Waals surface area contributed by atoms with Crippen LogP contribution in [0.4, 0.5) is 9.52 Å². The van der Waals surface area contributed by atoms with Crippen molar-refractivity contribution < 1.29 is 13.9 Å². The first kappa shape index (κ1) is 24.9. The van der Waals surface area contributed by atoms with Crippen LogP contribution in [0.1, 0.15) is 29.9 Å². The zero-order valence-electron chi connectivity index (χ0n) is 20.0. The van der Waals surface area contributed by atoms with Gasteiger partial charge in [-0.3, -0.25) is 4.79 Å². The fourth-order valence-electron chi connectivity index (χ4n) is 3.45. The Labute approximate surface area is 212 Å². The average molecular weight is 508 g/mol. The molecule has 8 heteroatoms. The van der Waals surface area contributed by atoms with Gasteiger partial charge in [0.1, 0.15) is 0 Å². The zero-order valence-corrected chi connectivity index (χ0v) is 21.6. The van der Waals surface area contributed by atoms with Crippen molar-refractivity contribution in [2.45, 2.75) is 44.3 Å². The first-order valence-corrected chi connectivity index (χ1v) is 12.9. The van der Waals surface area contributed by atoms with E-state index in [-0.39, 0.29) is 18.1 Å². The van der Waals surface area contributed by atoms with Gasteiger partial charge in [-0.1, -0.05) is 38.1 Å². The second-order valence-electron chi connectivity index (χ2n) is 8.33. The number of hydrogen-bond acceptors (Lipinski definition) is 6. The molecule has 1 N–H and O–H groups in total. The van der Waals surface area contributed by atoms with Crippen molar-refractivity contribution in [3.05, 3.63) is 82.6 Å². The third kappa shape index (κ3) is 6.46. The van der Waals surface area contributed by atoms with Crippen LogP contribution in [0.2, 0.25) is 0 Å². The minimum atomic E-state index is -0.549. The SMILES string of the molecule is Cc1cccnc1Oc1ccc(CC(=O)Nc2nc(-c3ccc(SC(C)C)cc3)c(C)s2)cc1F. The molecule has 0 fully saturated rings. The van der Waals surface area contributed by atoms with E-state index in [1.807, 2.05) is 31.7 Å². The van der Waals surface area contributed by atoms with E-state index in [4.69, 9.17) is 4.74 Å². The van der Waals surface area contributed by atoms with Crippen LogP contribution in [-0.4, -0.2) is 21.1 Å². The van der Waals surface area contributed by atoms with Crippen LogP contribution in [0.15, 0.2) is 65.7 Å². The Hall–Kier alpha value is -3.23. The second kappa shape index (κ2) is 11.0. The first-order chi connectivity index (χ1) is 16.8. The van der Waals surface area contributed by atoms with Crippen molar-refractivity contribution >= 4 is 34.1 Å². The Kier molecular flexibility index (Phi) is 7.83. The summed E-state index contributed by atoms with van der Waals surface area (Å²) in [6.07, 6.45) is 1.61.